The van der Waals surface area contributed by atoms with Crippen molar-refractivity contribution in [1.82, 2.24) is 14.5 Å². The van der Waals surface area contributed by atoms with Crippen molar-refractivity contribution in [3.05, 3.63) is 0 Å². The standard InChI is InChI=1S/C17H33N3O3S/c1-16(19-10-6-7-11-19)15-18-17(21)9-3-8-14-24(22,23)20-12-4-2-5-13-20/h16H,2-15H2,1H3,(H,18,21). The van der Waals surface area contributed by atoms with E-state index in [1.54, 1.807) is 4.31 Å². The molecule has 0 saturated carbocycles. The molecule has 0 aromatic heterocycles. The molecule has 2 aliphatic heterocycles. The van der Waals surface area contributed by atoms with Crippen molar-refractivity contribution in [3.8, 4) is 0 Å². The second kappa shape index (κ2) is 9.73. The van der Waals surface area contributed by atoms with Gasteiger partial charge in [-0.2, -0.15) is 0 Å². The first kappa shape index (κ1) is 19.7. The Balaban J connectivity index is 1.56. The Bertz CT molecular complexity index is 483. The lowest BCUT2D eigenvalue weighted by Gasteiger charge is -2.25. The Morgan fingerprint density at radius 2 is 1.62 bits per heavy atom. The third-order valence-corrected chi connectivity index (χ3v) is 7.08. The van der Waals surface area contributed by atoms with E-state index in [2.05, 4.69) is 17.1 Å². The monoisotopic (exact) mass is 359 g/mol. The molecule has 0 aliphatic carbocycles. The van der Waals surface area contributed by atoms with E-state index in [9.17, 15) is 13.2 Å². The number of carbonyl (C=O) groups excluding carboxylic acids is 1. The number of nitrogens with one attached hydrogen (secondary N) is 1. The molecule has 2 saturated heterocycles. The summed E-state index contributed by atoms with van der Waals surface area (Å²) in [6.45, 7) is 6.42. The van der Waals surface area contributed by atoms with Gasteiger partial charge in [-0.05, 0) is 58.5 Å². The zero-order valence-electron chi connectivity index (χ0n) is 15.0. The number of unbranched alkanes of at least 4 members (excludes halogenated alkanes) is 1. The maximum Gasteiger partial charge on any atom is 0.220 e. The molecule has 0 aromatic rings. The van der Waals surface area contributed by atoms with Crippen LogP contribution < -0.4 is 5.32 Å². The minimum Gasteiger partial charge on any atom is -0.355 e. The van der Waals surface area contributed by atoms with Crippen molar-refractivity contribution in [2.75, 3.05) is 38.5 Å². The zero-order valence-corrected chi connectivity index (χ0v) is 15.8. The number of piperidine rings is 1. The van der Waals surface area contributed by atoms with Gasteiger partial charge in [0.1, 0.15) is 0 Å². The number of amides is 1. The summed E-state index contributed by atoms with van der Waals surface area (Å²) < 4.78 is 26.0. The second-order valence-corrected chi connectivity index (χ2v) is 9.22. The third kappa shape index (κ3) is 6.33. The van der Waals surface area contributed by atoms with Gasteiger partial charge in [0.05, 0.1) is 5.75 Å². The number of nitrogens with zero attached hydrogens (tertiary/aromatic N) is 2. The molecule has 2 aliphatic rings. The predicted molar refractivity (Wildman–Crippen MR) is 96.3 cm³/mol. The van der Waals surface area contributed by atoms with Gasteiger partial charge in [0.25, 0.3) is 0 Å². The number of hydrogen-bond acceptors (Lipinski definition) is 4. The zero-order chi connectivity index (χ0) is 17.4. The van der Waals surface area contributed by atoms with Crippen LogP contribution in [0.1, 0.15) is 58.3 Å². The van der Waals surface area contributed by atoms with Crippen molar-refractivity contribution in [3.63, 3.8) is 0 Å². The summed E-state index contributed by atoms with van der Waals surface area (Å²) in [7, 11) is -3.12. The Kier molecular flexibility index (Phi) is 7.97. The van der Waals surface area contributed by atoms with E-state index in [0.717, 1.165) is 32.4 Å². The van der Waals surface area contributed by atoms with Crippen molar-refractivity contribution in [2.45, 2.75) is 64.3 Å². The van der Waals surface area contributed by atoms with E-state index in [4.69, 9.17) is 0 Å². The fraction of sp³-hybridized carbons (Fsp3) is 0.941. The predicted octanol–water partition coefficient (Wildman–Crippen LogP) is 1.57. The van der Waals surface area contributed by atoms with Crippen LogP contribution in [-0.2, 0) is 14.8 Å². The quantitative estimate of drug-likeness (QED) is 0.635. The first-order chi connectivity index (χ1) is 11.5. The van der Waals surface area contributed by atoms with Gasteiger partial charge < -0.3 is 5.32 Å². The van der Waals surface area contributed by atoms with Gasteiger partial charge in [-0.3, -0.25) is 9.69 Å². The molecular formula is C17H33N3O3S. The molecule has 1 unspecified atom stereocenters. The van der Waals surface area contributed by atoms with Crippen molar-refractivity contribution in [1.29, 1.82) is 0 Å². The van der Waals surface area contributed by atoms with Gasteiger partial charge in [0, 0.05) is 32.1 Å². The van der Waals surface area contributed by atoms with Gasteiger partial charge in [-0.15, -0.1) is 0 Å². The van der Waals surface area contributed by atoms with Gasteiger partial charge in [0.2, 0.25) is 15.9 Å². The van der Waals surface area contributed by atoms with E-state index in [0.29, 0.717) is 44.9 Å². The molecule has 0 bridgehead atoms. The molecule has 140 valence electrons. The van der Waals surface area contributed by atoms with Crippen LogP contribution >= 0.6 is 0 Å². The van der Waals surface area contributed by atoms with Gasteiger partial charge in [0.15, 0.2) is 0 Å². The van der Waals surface area contributed by atoms with Crippen LogP contribution in [0.25, 0.3) is 0 Å². The molecule has 0 radical (unpaired) electrons. The lowest BCUT2D eigenvalue weighted by atomic mass is 10.2. The minimum atomic E-state index is -3.12. The second-order valence-electron chi connectivity index (χ2n) is 7.13. The first-order valence-corrected chi connectivity index (χ1v) is 11.1. The van der Waals surface area contributed by atoms with Crippen molar-refractivity contribution < 1.29 is 13.2 Å². The van der Waals surface area contributed by atoms with E-state index >= 15 is 0 Å². The Morgan fingerprint density at radius 3 is 2.29 bits per heavy atom. The van der Waals surface area contributed by atoms with E-state index in [-0.39, 0.29) is 11.7 Å². The molecule has 2 rings (SSSR count). The summed E-state index contributed by atoms with van der Waals surface area (Å²) in [4.78, 5) is 14.3. The number of likely N-dealkylation sites (tertiary alicyclic amines) is 1. The third-order valence-electron chi connectivity index (χ3n) is 5.12. The van der Waals surface area contributed by atoms with Crippen molar-refractivity contribution in [2.24, 2.45) is 0 Å². The smallest absolute Gasteiger partial charge is 0.220 e. The molecular weight excluding hydrogens is 326 g/mol. The highest BCUT2D eigenvalue weighted by Crippen LogP contribution is 2.15. The summed E-state index contributed by atoms with van der Waals surface area (Å²) in [6.07, 6.45) is 7.19. The summed E-state index contributed by atoms with van der Waals surface area (Å²) in [6, 6.07) is 0.385. The Hall–Kier alpha value is -0.660. The molecule has 0 aromatic carbocycles. The topological polar surface area (TPSA) is 69.7 Å². The van der Waals surface area contributed by atoms with Gasteiger partial charge in [-0.1, -0.05) is 6.42 Å². The summed E-state index contributed by atoms with van der Waals surface area (Å²) in [5.41, 5.74) is 0. The molecule has 1 N–H and O–H groups in total. The highest BCUT2D eigenvalue weighted by molar-refractivity contribution is 7.89. The molecule has 1 amide bonds. The van der Waals surface area contributed by atoms with E-state index in [1.165, 1.54) is 12.8 Å². The van der Waals surface area contributed by atoms with Crippen LogP contribution in [0.15, 0.2) is 0 Å². The van der Waals surface area contributed by atoms with Crippen LogP contribution in [0.4, 0.5) is 0 Å². The minimum absolute atomic E-state index is 0.0383. The van der Waals surface area contributed by atoms with Crippen LogP contribution in [0.3, 0.4) is 0 Å². The highest BCUT2D eigenvalue weighted by atomic mass is 32.2. The molecule has 7 heteroatoms. The Labute approximate surface area is 147 Å². The molecule has 6 nitrogen and oxygen atoms in total. The maximum absolute atomic E-state index is 12.2. The Morgan fingerprint density at radius 1 is 1.00 bits per heavy atom. The van der Waals surface area contributed by atoms with E-state index < -0.39 is 10.0 Å². The average molecular weight is 360 g/mol. The van der Waals surface area contributed by atoms with Crippen LogP contribution in [0.2, 0.25) is 0 Å². The molecule has 0 spiro atoms. The summed E-state index contributed by atoms with van der Waals surface area (Å²) in [5.74, 6) is 0.209. The largest absolute Gasteiger partial charge is 0.355 e. The normalized spacial score (nSPS) is 21.7. The average Bonchev–Trinajstić information content (AvgIpc) is 3.12. The molecule has 2 heterocycles. The lowest BCUT2D eigenvalue weighted by Crippen LogP contribution is -2.40. The number of carbonyl (C=O) groups is 1. The van der Waals surface area contributed by atoms with Crippen LogP contribution in [0, 0.1) is 0 Å². The SMILES string of the molecule is CC(CNC(=O)CCCCS(=O)(=O)N1CCCCC1)N1CCCC1. The summed E-state index contributed by atoms with van der Waals surface area (Å²) >= 11 is 0. The lowest BCUT2D eigenvalue weighted by molar-refractivity contribution is -0.121. The number of rotatable bonds is 9. The van der Waals surface area contributed by atoms with Gasteiger partial charge >= 0.3 is 0 Å². The van der Waals surface area contributed by atoms with Gasteiger partial charge in [-0.25, -0.2) is 12.7 Å². The van der Waals surface area contributed by atoms with Crippen LogP contribution in [-0.4, -0.2) is 68.0 Å². The van der Waals surface area contributed by atoms with Crippen molar-refractivity contribution >= 4 is 15.9 Å². The van der Waals surface area contributed by atoms with E-state index in [1.807, 2.05) is 0 Å². The fourth-order valence-electron chi connectivity index (χ4n) is 3.50. The summed E-state index contributed by atoms with van der Waals surface area (Å²) in [5, 5.41) is 2.98. The van der Waals surface area contributed by atoms with Crippen LogP contribution in [0.5, 0.6) is 0 Å². The fourth-order valence-corrected chi connectivity index (χ4v) is 5.15. The highest BCUT2D eigenvalue weighted by Gasteiger charge is 2.23. The maximum atomic E-state index is 12.2. The first-order valence-electron chi connectivity index (χ1n) is 9.47. The molecule has 2 fully saturated rings. The molecule has 1 atom stereocenters. The number of sulfonamides is 1. The number of hydrogen-bond donors (Lipinski definition) is 1. The molecule has 24 heavy (non-hydrogen) atoms.